The molecule has 5 heteroatoms. The molecule has 2 N–H and O–H groups in total. The van der Waals surface area contributed by atoms with Crippen LogP contribution in [0.2, 0.25) is 0 Å². The third-order valence-electron chi connectivity index (χ3n) is 3.02. The summed E-state index contributed by atoms with van der Waals surface area (Å²) in [6, 6.07) is 4.76. The number of ether oxygens (including phenoxy) is 2. The molecule has 0 amide bonds. The van der Waals surface area contributed by atoms with Crippen molar-refractivity contribution in [3.05, 3.63) is 29.6 Å². The van der Waals surface area contributed by atoms with Crippen molar-refractivity contribution in [3.63, 3.8) is 0 Å². The number of rotatable bonds is 4. The minimum Gasteiger partial charge on any atom is -0.491 e. The Morgan fingerprint density at radius 1 is 1.56 bits per heavy atom. The molecule has 1 heterocycles. The van der Waals surface area contributed by atoms with E-state index in [2.05, 4.69) is 4.90 Å². The Kier molecular flexibility index (Phi) is 4.52. The summed E-state index contributed by atoms with van der Waals surface area (Å²) in [5.74, 6) is 0.193. The van der Waals surface area contributed by atoms with Crippen molar-refractivity contribution < 1.29 is 13.9 Å². The van der Waals surface area contributed by atoms with Gasteiger partial charge in [0.2, 0.25) is 0 Å². The number of hydrogen-bond donors (Lipinski definition) is 1. The van der Waals surface area contributed by atoms with Crippen molar-refractivity contribution in [2.75, 3.05) is 33.4 Å². The highest BCUT2D eigenvalue weighted by Crippen LogP contribution is 2.17. The molecule has 1 atom stereocenters. The zero-order valence-electron chi connectivity index (χ0n) is 10.6. The van der Waals surface area contributed by atoms with Crippen LogP contribution < -0.4 is 10.5 Å². The fraction of sp³-hybridized carbons (Fsp3) is 0.538. The fourth-order valence-corrected chi connectivity index (χ4v) is 1.94. The second-order valence-corrected chi connectivity index (χ2v) is 4.52. The summed E-state index contributed by atoms with van der Waals surface area (Å²) in [4.78, 5) is 2.19. The molecule has 1 unspecified atom stereocenters. The highest BCUT2D eigenvalue weighted by molar-refractivity contribution is 5.28. The summed E-state index contributed by atoms with van der Waals surface area (Å²) in [5.41, 5.74) is 5.90. The molecule has 0 saturated carbocycles. The Balaban J connectivity index is 1.88. The molecule has 1 aromatic rings. The Morgan fingerprint density at radius 2 is 2.39 bits per heavy atom. The number of nitrogens with two attached hydrogens (primary N) is 1. The topological polar surface area (TPSA) is 47.7 Å². The molecule has 0 aliphatic carbocycles. The van der Waals surface area contributed by atoms with Crippen LogP contribution in [-0.4, -0.2) is 44.4 Å². The smallest absolute Gasteiger partial charge is 0.131 e. The van der Waals surface area contributed by atoms with E-state index in [0.717, 1.165) is 13.1 Å². The van der Waals surface area contributed by atoms with Crippen LogP contribution in [-0.2, 0) is 11.3 Å². The monoisotopic (exact) mass is 254 g/mol. The van der Waals surface area contributed by atoms with Crippen LogP contribution in [0.15, 0.2) is 18.2 Å². The molecule has 1 aromatic carbocycles. The number of likely N-dealkylation sites (N-methyl/N-ethyl adjacent to an activating group) is 1. The quantitative estimate of drug-likeness (QED) is 0.870. The van der Waals surface area contributed by atoms with E-state index in [1.165, 1.54) is 6.07 Å². The predicted octanol–water partition coefficient (Wildman–Crippen LogP) is 0.994. The second kappa shape index (κ2) is 6.13. The summed E-state index contributed by atoms with van der Waals surface area (Å²) >= 11 is 0. The van der Waals surface area contributed by atoms with Gasteiger partial charge in [-0.3, -0.25) is 0 Å². The van der Waals surface area contributed by atoms with Gasteiger partial charge < -0.3 is 20.1 Å². The van der Waals surface area contributed by atoms with Crippen LogP contribution in [0.3, 0.4) is 0 Å². The largest absolute Gasteiger partial charge is 0.491 e. The maximum atomic E-state index is 13.5. The summed E-state index contributed by atoms with van der Waals surface area (Å²) in [7, 11) is 2.05. The van der Waals surface area contributed by atoms with Crippen LogP contribution in [0.25, 0.3) is 0 Å². The predicted molar refractivity (Wildman–Crippen MR) is 67.0 cm³/mol. The normalized spacial score (nSPS) is 20.9. The first kappa shape index (κ1) is 13.3. The zero-order chi connectivity index (χ0) is 13.0. The first-order valence-corrected chi connectivity index (χ1v) is 6.10. The molecule has 4 nitrogen and oxygen atoms in total. The van der Waals surface area contributed by atoms with Gasteiger partial charge in [-0.15, -0.1) is 0 Å². The van der Waals surface area contributed by atoms with E-state index in [4.69, 9.17) is 15.2 Å². The molecule has 1 fully saturated rings. The Hall–Kier alpha value is -1.17. The van der Waals surface area contributed by atoms with Gasteiger partial charge in [0.05, 0.1) is 6.61 Å². The second-order valence-electron chi connectivity index (χ2n) is 4.52. The summed E-state index contributed by atoms with van der Waals surface area (Å²) in [6.45, 7) is 3.12. The molecule has 1 aliphatic heterocycles. The average molecular weight is 254 g/mol. The number of hydrogen-bond acceptors (Lipinski definition) is 4. The molecule has 1 aliphatic rings. The van der Waals surface area contributed by atoms with Crippen LogP contribution in [0.4, 0.5) is 4.39 Å². The first-order valence-electron chi connectivity index (χ1n) is 6.10. The Labute approximate surface area is 106 Å². The summed E-state index contributed by atoms with van der Waals surface area (Å²) in [5, 5.41) is 0. The van der Waals surface area contributed by atoms with Gasteiger partial charge in [-0.25, -0.2) is 4.39 Å². The maximum absolute atomic E-state index is 13.5. The minimum absolute atomic E-state index is 0.0426. The van der Waals surface area contributed by atoms with Crippen LogP contribution in [0, 0.1) is 5.82 Å². The van der Waals surface area contributed by atoms with E-state index in [1.54, 1.807) is 12.1 Å². The van der Waals surface area contributed by atoms with Crippen LogP contribution >= 0.6 is 0 Å². The van der Waals surface area contributed by atoms with Gasteiger partial charge in [-0.1, -0.05) is 6.07 Å². The van der Waals surface area contributed by atoms with Gasteiger partial charge in [-0.05, 0) is 13.1 Å². The van der Waals surface area contributed by atoms with E-state index < -0.39 is 0 Å². The van der Waals surface area contributed by atoms with Crippen molar-refractivity contribution in [2.45, 2.75) is 12.6 Å². The lowest BCUT2D eigenvalue weighted by molar-refractivity contribution is -0.0403. The molecule has 0 bridgehead atoms. The van der Waals surface area contributed by atoms with Crippen molar-refractivity contribution in [3.8, 4) is 5.75 Å². The van der Waals surface area contributed by atoms with E-state index >= 15 is 0 Å². The van der Waals surface area contributed by atoms with Crippen LogP contribution in [0.1, 0.15) is 5.56 Å². The molecule has 18 heavy (non-hydrogen) atoms. The van der Waals surface area contributed by atoms with Gasteiger partial charge in [-0.2, -0.15) is 0 Å². The lowest BCUT2D eigenvalue weighted by Crippen LogP contribution is -2.42. The lowest BCUT2D eigenvalue weighted by Gasteiger charge is -2.29. The van der Waals surface area contributed by atoms with Gasteiger partial charge >= 0.3 is 0 Å². The van der Waals surface area contributed by atoms with E-state index in [0.29, 0.717) is 24.5 Å². The number of morpholine rings is 1. The van der Waals surface area contributed by atoms with Gasteiger partial charge in [0.1, 0.15) is 24.3 Å². The fourth-order valence-electron chi connectivity index (χ4n) is 1.94. The highest BCUT2D eigenvalue weighted by atomic mass is 19.1. The molecule has 0 radical (unpaired) electrons. The third-order valence-corrected chi connectivity index (χ3v) is 3.02. The Bertz CT molecular complexity index is 401. The number of nitrogens with zero attached hydrogens (tertiary/aromatic N) is 1. The standard InChI is InChI=1S/C13H19FN2O2/c1-16-4-5-17-12(8-16)9-18-11-3-2-10(7-15)13(14)6-11/h2-3,6,12H,4-5,7-9,15H2,1H3. The molecular weight excluding hydrogens is 235 g/mol. The molecule has 0 spiro atoms. The van der Waals surface area contributed by atoms with Crippen LogP contribution in [0.5, 0.6) is 5.75 Å². The van der Waals surface area contributed by atoms with Crippen molar-refractivity contribution in [1.82, 2.24) is 4.90 Å². The van der Waals surface area contributed by atoms with E-state index in [-0.39, 0.29) is 18.5 Å². The van der Waals surface area contributed by atoms with Gasteiger partial charge in [0, 0.05) is 31.3 Å². The SMILES string of the molecule is CN1CCOC(COc2ccc(CN)c(F)c2)C1. The molecular formula is C13H19FN2O2. The Morgan fingerprint density at radius 3 is 3.06 bits per heavy atom. The molecule has 0 aromatic heterocycles. The van der Waals surface area contributed by atoms with Crippen molar-refractivity contribution >= 4 is 0 Å². The van der Waals surface area contributed by atoms with Crippen molar-refractivity contribution in [2.24, 2.45) is 5.73 Å². The van der Waals surface area contributed by atoms with E-state index in [1.807, 2.05) is 7.05 Å². The third kappa shape index (κ3) is 3.41. The minimum atomic E-state index is -0.323. The van der Waals surface area contributed by atoms with Crippen molar-refractivity contribution in [1.29, 1.82) is 0 Å². The highest BCUT2D eigenvalue weighted by Gasteiger charge is 2.18. The molecule has 2 rings (SSSR count). The van der Waals surface area contributed by atoms with E-state index in [9.17, 15) is 4.39 Å². The molecule has 100 valence electrons. The molecule has 1 saturated heterocycles. The zero-order valence-corrected chi connectivity index (χ0v) is 10.6. The first-order chi connectivity index (χ1) is 8.69. The van der Waals surface area contributed by atoms with Gasteiger partial charge in [0.15, 0.2) is 0 Å². The maximum Gasteiger partial charge on any atom is 0.131 e. The van der Waals surface area contributed by atoms with Gasteiger partial charge in [0.25, 0.3) is 0 Å². The lowest BCUT2D eigenvalue weighted by atomic mass is 10.2. The number of halogens is 1. The summed E-state index contributed by atoms with van der Waals surface area (Å²) in [6.07, 6.45) is 0.0426. The summed E-state index contributed by atoms with van der Waals surface area (Å²) < 4.78 is 24.6. The average Bonchev–Trinajstić information content (AvgIpc) is 2.37. The number of benzene rings is 1.